The third-order valence-corrected chi connectivity index (χ3v) is 5.14. The van der Waals surface area contributed by atoms with Crippen LogP contribution in [-0.4, -0.2) is 62.7 Å². The minimum Gasteiger partial charge on any atom is -0.493 e. The number of hydrogen-bond acceptors (Lipinski definition) is 6. The Hall–Kier alpha value is -2.68. The van der Waals surface area contributed by atoms with E-state index in [1.807, 2.05) is 18.2 Å². The van der Waals surface area contributed by atoms with Crippen LogP contribution in [0.4, 0.5) is 0 Å². The predicted molar refractivity (Wildman–Crippen MR) is 127 cm³/mol. The summed E-state index contributed by atoms with van der Waals surface area (Å²) in [5.41, 5.74) is 6.06. The molecule has 1 heterocycles. The van der Waals surface area contributed by atoms with Crippen LogP contribution < -0.4 is 20.2 Å². The van der Waals surface area contributed by atoms with Crippen LogP contribution in [-0.2, 0) is 11.3 Å². The fourth-order valence-electron chi connectivity index (χ4n) is 3.09. The molecular formula is C23H30N4O3S. The number of nitrogens with one attached hydrogen (secondary N) is 2. The van der Waals surface area contributed by atoms with E-state index in [1.165, 1.54) is 5.56 Å². The van der Waals surface area contributed by atoms with Crippen molar-refractivity contribution in [3.63, 3.8) is 0 Å². The van der Waals surface area contributed by atoms with Crippen molar-refractivity contribution in [1.29, 1.82) is 0 Å². The maximum atomic E-state index is 5.92. The van der Waals surface area contributed by atoms with Crippen LogP contribution in [0.5, 0.6) is 11.5 Å². The molecule has 0 aliphatic carbocycles. The first kappa shape index (κ1) is 23.0. The van der Waals surface area contributed by atoms with Gasteiger partial charge in [-0.15, -0.1) is 0 Å². The zero-order valence-corrected chi connectivity index (χ0v) is 18.9. The second-order valence-electron chi connectivity index (χ2n) is 7.26. The zero-order valence-electron chi connectivity index (χ0n) is 18.1. The molecule has 166 valence electrons. The van der Waals surface area contributed by atoms with Crippen LogP contribution >= 0.6 is 12.2 Å². The molecule has 2 N–H and O–H groups in total. The molecule has 7 nitrogen and oxygen atoms in total. The van der Waals surface area contributed by atoms with E-state index in [0.717, 1.165) is 50.5 Å². The Morgan fingerprint density at radius 1 is 1.16 bits per heavy atom. The maximum absolute atomic E-state index is 5.92. The minimum atomic E-state index is 0.482. The summed E-state index contributed by atoms with van der Waals surface area (Å²) < 4.78 is 16.7. The van der Waals surface area contributed by atoms with Crippen molar-refractivity contribution in [3.8, 4) is 11.5 Å². The summed E-state index contributed by atoms with van der Waals surface area (Å²) in [5, 5.41) is 7.86. The van der Waals surface area contributed by atoms with Crippen molar-refractivity contribution < 1.29 is 14.2 Å². The molecule has 2 aromatic carbocycles. The van der Waals surface area contributed by atoms with Gasteiger partial charge in [-0.25, -0.2) is 0 Å². The van der Waals surface area contributed by atoms with Gasteiger partial charge in [-0.3, -0.25) is 10.3 Å². The molecule has 0 bridgehead atoms. The Labute approximate surface area is 189 Å². The SMILES string of the molecule is COc1cc(/C=N/NC(=S)NCCN2CCOCC2)ccc1OCc1ccc(C)cc1. The van der Waals surface area contributed by atoms with Gasteiger partial charge in [0.1, 0.15) is 6.61 Å². The number of rotatable bonds is 9. The Morgan fingerprint density at radius 2 is 1.94 bits per heavy atom. The molecule has 0 aromatic heterocycles. The monoisotopic (exact) mass is 442 g/mol. The number of ether oxygens (including phenoxy) is 3. The van der Waals surface area contributed by atoms with E-state index in [4.69, 9.17) is 26.4 Å². The van der Waals surface area contributed by atoms with E-state index in [-0.39, 0.29) is 0 Å². The maximum Gasteiger partial charge on any atom is 0.187 e. The number of thiocarbonyl (C=S) groups is 1. The second kappa shape index (κ2) is 12.2. The van der Waals surface area contributed by atoms with Crippen LogP contribution in [0.2, 0.25) is 0 Å². The number of methoxy groups -OCH3 is 1. The highest BCUT2D eigenvalue weighted by atomic mass is 32.1. The summed E-state index contributed by atoms with van der Waals surface area (Å²) in [6, 6.07) is 14.0. The highest BCUT2D eigenvalue weighted by molar-refractivity contribution is 7.80. The number of benzene rings is 2. The molecule has 1 aliphatic heterocycles. The molecule has 0 atom stereocenters. The van der Waals surface area contributed by atoms with Crippen molar-refractivity contribution in [2.75, 3.05) is 46.5 Å². The van der Waals surface area contributed by atoms with Gasteiger partial charge in [0.15, 0.2) is 16.6 Å². The molecule has 1 fully saturated rings. The predicted octanol–water partition coefficient (Wildman–Crippen LogP) is 2.71. The molecule has 8 heteroatoms. The fraction of sp³-hybridized carbons (Fsp3) is 0.391. The first-order valence-electron chi connectivity index (χ1n) is 10.4. The third-order valence-electron chi connectivity index (χ3n) is 4.90. The van der Waals surface area contributed by atoms with E-state index in [9.17, 15) is 0 Å². The standard InChI is InChI=1S/C23H30N4O3S/c1-18-3-5-19(6-4-18)17-30-21-8-7-20(15-22(21)28-2)16-25-26-23(31)24-9-10-27-11-13-29-14-12-27/h3-8,15-16H,9-14,17H2,1-2H3,(H2,24,26,31)/b25-16+. The zero-order chi connectivity index (χ0) is 21.9. The van der Waals surface area contributed by atoms with Gasteiger partial charge in [0, 0.05) is 26.2 Å². The van der Waals surface area contributed by atoms with E-state index < -0.39 is 0 Å². The first-order chi connectivity index (χ1) is 15.1. The Bertz CT molecular complexity index is 868. The lowest BCUT2D eigenvalue weighted by molar-refractivity contribution is 0.0389. The Balaban J connectivity index is 1.44. The van der Waals surface area contributed by atoms with E-state index >= 15 is 0 Å². The second-order valence-corrected chi connectivity index (χ2v) is 7.67. The molecule has 1 saturated heterocycles. The molecule has 3 rings (SSSR count). The van der Waals surface area contributed by atoms with Crippen molar-refractivity contribution in [1.82, 2.24) is 15.6 Å². The molecular weight excluding hydrogens is 412 g/mol. The largest absolute Gasteiger partial charge is 0.493 e. The highest BCUT2D eigenvalue weighted by Crippen LogP contribution is 2.28. The average molecular weight is 443 g/mol. The summed E-state index contributed by atoms with van der Waals surface area (Å²) in [5.74, 6) is 1.34. The third kappa shape index (κ3) is 7.82. The van der Waals surface area contributed by atoms with Crippen molar-refractivity contribution in [3.05, 3.63) is 59.2 Å². The summed E-state index contributed by atoms with van der Waals surface area (Å²) >= 11 is 5.27. The van der Waals surface area contributed by atoms with Crippen molar-refractivity contribution >= 4 is 23.5 Å². The summed E-state index contributed by atoms with van der Waals surface area (Å²) in [6.07, 6.45) is 1.70. The van der Waals surface area contributed by atoms with Crippen LogP contribution in [0, 0.1) is 6.92 Å². The summed E-state index contributed by atoms with van der Waals surface area (Å²) in [6.45, 7) is 7.77. The van der Waals surface area contributed by atoms with E-state index in [1.54, 1.807) is 13.3 Å². The fourth-order valence-corrected chi connectivity index (χ4v) is 3.24. The van der Waals surface area contributed by atoms with Crippen LogP contribution in [0.1, 0.15) is 16.7 Å². The lowest BCUT2D eigenvalue weighted by atomic mass is 10.2. The topological polar surface area (TPSA) is 67.4 Å². The quantitative estimate of drug-likeness (QED) is 0.352. The van der Waals surface area contributed by atoms with Gasteiger partial charge in [0.05, 0.1) is 26.5 Å². The van der Waals surface area contributed by atoms with Crippen molar-refractivity contribution in [2.24, 2.45) is 5.10 Å². The summed E-state index contributed by atoms with van der Waals surface area (Å²) in [7, 11) is 1.63. The highest BCUT2D eigenvalue weighted by Gasteiger charge is 2.09. The summed E-state index contributed by atoms with van der Waals surface area (Å²) in [4.78, 5) is 2.34. The molecule has 0 spiro atoms. The molecule has 0 unspecified atom stereocenters. The normalized spacial score (nSPS) is 14.4. The smallest absolute Gasteiger partial charge is 0.187 e. The molecule has 0 radical (unpaired) electrons. The number of aryl methyl sites for hydroxylation is 1. The van der Waals surface area contributed by atoms with Gasteiger partial charge < -0.3 is 19.5 Å². The molecule has 0 amide bonds. The van der Waals surface area contributed by atoms with Gasteiger partial charge in [-0.05, 0) is 48.5 Å². The van der Waals surface area contributed by atoms with Crippen LogP contribution in [0.25, 0.3) is 0 Å². The molecule has 0 saturated carbocycles. The molecule has 1 aliphatic rings. The number of hydrogen-bond donors (Lipinski definition) is 2. The van der Waals surface area contributed by atoms with Gasteiger partial charge in [-0.1, -0.05) is 29.8 Å². The minimum absolute atomic E-state index is 0.482. The van der Waals surface area contributed by atoms with Crippen LogP contribution in [0.15, 0.2) is 47.6 Å². The van der Waals surface area contributed by atoms with Crippen LogP contribution in [0.3, 0.4) is 0 Å². The average Bonchev–Trinajstić information content (AvgIpc) is 2.80. The number of morpholine rings is 1. The Morgan fingerprint density at radius 3 is 2.68 bits per heavy atom. The van der Waals surface area contributed by atoms with Gasteiger partial charge in [0.2, 0.25) is 0 Å². The Kier molecular flexibility index (Phi) is 9.08. The van der Waals surface area contributed by atoms with Gasteiger partial charge >= 0.3 is 0 Å². The molecule has 31 heavy (non-hydrogen) atoms. The van der Waals surface area contributed by atoms with E-state index in [0.29, 0.717) is 23.2 Å². The first-order valence-corrected chi connectivity index (χ1v) is 10.8. The number of nitrogens with zero attached hydrogens (tertiary/aromatic N) is 2. The van der Waals surface area contributed by atoms with E-state index in [2.05, 4.69) is 51.9 Å². The van der Waals surface area contributed by atoms with Gasteiger partial charge in [-0.2, -0.15) is 5.10 Å². The molecule has 2 aromatic rings. The van der Waals surface area contributed by atoms with Gasteiger partial charge in [0.25, 0.3) is 0 Å². The lowest BCUT2D eigenvalue weighted by Crippen LogP contribution is -2.42. The lowest BCUT2D eigenvalue weighted by Gasteiger charge is -2.26. The van der Waals surface area contributed by atoms with Crippen molar-refractivity contribution in [2.45, 2.75) is 13.5 Å². The number of hydrazone groups is 1.